The van der Waals surface area contributed by atoms with Gasteiger partial charge in [-0.3, -0.25) is 19.3 Å². The van der Waals surface area contributed by atoms with E-state index in [1.807, 2.05) is 52.8 Å². The summed E-state index contributed by atoms with van der Waals surface area (Å²) in [5.74, 6) is -1.72. The predicted molar refractivity (Wildman–Crippen MR) is 114 cm³/mol. The summed E-state index contributed by atoms with van der Waals surface area (Å²) in [5, 5.41) is 1.86. The van der Waals surface area contributed by atoms with Gasteiger partial charge in [0.05, 0.1) is 22.8 Å². The second kappa shape index (κ2) is 7.49. The first-order valence-corrected chi connectivity index (χ1v) is 11.0. The number of para-hydroxylation sites is 1. The molecular formula is C23H22N2O4S. The summed E-state index contributed by atoms with van der Waals surface area (Å²) in [4.78, 5) is 44.2. The van der Waals surface area contributed by atoms with Crippen molar-refractivity contribution >= 4 is 40.7 Å². The maximum Gasteiger partial charge on any atom is 0.235 e. The van der Waals surface area contributed by atoms with E-state index in [2.05, 4.69) is 0 Å². The van der Waals surface area contributed by atoms with Crippen LogP contribution in [0.1, 0.15) is 21.7 Å². The number of methoxy groups -OCH3 is 1. The Labute approximate surface area is 178 Å². The van der Waals surface area contributed by atoms with Gasteiger partial charge >= 0.3 is 0 Å². The third-order valence-electron chi connectivity index (χ3n) is 6.27. The van der Waals surface area contributed by atoms with Crippen molar-refractivity contribution in [3.05, 3.63) is 58.3 Å². The van der Waals surface area contributed by atoms with Crippen LogP contribution in [0, 0.1) is 11.8 Å². The fourth-order valence-corrected chi connectivity index (χ4v) is 5.72. The number of hydrogen-bond acceptors (Lipinski definition) is 6. The highest BCUT2D eigenvalue weighted by molar-refractivity contribution is 7.12. The number of carbonyl (C=O) groups excluding carboxylic acids is 3. The summed E-state index contributed by atoms with van der Waals surface area (Å²) in [6, 6.07) is 10.5. The van der Waals surface area contributed by atoms with Crippen LogP contribution >= 0.6 is 11.3 Å². The van der Waals surface area contributed by atoms with Gasteiger partial charge in [0.25, 0.3) is 0 Å². The van der Waals surface area contributed by atoms with Gasteiger partial charge in [0, 0.05) is 25.9 Å². The number of thiophene rings is 1. The van der Waals surface area contributed by atoms with Crippen LogP contribution in [0.25, 0.3) is 6.08 Å². The molecule has 0 N–H and O–H groups in total. The summed E-state index contributed by atoms with van der Waals surface area (Å²) in [5.41, 5.74) is 1.90. The van der Waals surface area contributed by atoms with E-state index >= 15 is 0 Å². The second-order valence-corrected chi connectivity index (χ2v) is 8.78. The fraction of sp³-hybridized carbons (Fsp3) is 0.348. The minimum absolute atomic E-state index is 0.0903. The molecule has 0 bridgehead atoms. The van der Waals surface area contributed by atoms with Crippen LogP contribution in [0.15, 0.2) is 47.9 Å². The first-order valence-electron chi connectivity index (χ1n) is 10.1. The summed E-state index contributed by atoms with van der Waals surface area (Å²) in [6.07, 6.45) is 4.56. The molecule has 2 aromatic rings. The number of nitrogens with zero attached hydrogens (tertiary/aromatic N) is 2. The van der Waals surface area contributed by atoms with Crippen molar-refractivity contribution in [1.29, 1.82) is 0 Å². The molecule has 2 saturated heterocycles. The lowest BCUT2D eigenvalue weighted by Gasteiger charge is -2.36. The van der Waals surface area contributed by atoms with E-state index in [0.29, 0.717) is 24.4 Å². The summed E-state index contributed by atoms with van der Waals surface area (Å²) in [7, 11) is 1.60. The van der Waals surface area contributed by atoms with Crippen molar-refractivity contribution in [3.8, 4) is 0 Å². The number of Topliss-reactive ketones (excluding diaryl/α,β-unsaturated/α-hetero) is 1. The number of benzene rings is 1. The number of amides is 2. The standard InChI is InChI=1S/C23H22N2O4S/c1-29-12-5-11-24-22(27)18-16-10-9-14-6-2-3-7-15(14)25(16)20(19(18)23(24)28)21(26)17-8-4-13-30-17/h2-4,6-10,13,16,18-20H,5,11-12H2,1H3/t16-,18-,19-,20+/m1/s1. The number of imide groups is 1. The van der Waals surface area contributed by atoms with Gasteiger partial charge in [-0.05, 0) is 29.5 Å². The quantitative estimate of drug-likeness (QED) is 0.407. The average molecular weight is 423 g/mol. The Bertz CT molecular complexity index is 1030. The molecule has 5 rings (SSSR count). The third kappa shape index (κ3) is 2.76. The zero-order valence-electron chi connectivity index (χ0n) is 16.6. The topological polar surface area (TPSA) is 66.9 Å². The minimum atomic E-state index is -0.686. The molecule has 0 aliphatic carbocycles. The van der Waals surface area contributed by atoms with Gasteiger partial charge in [0.2, 0.25) is 11.8 Å². The molecular weight excluding hydrogens is 400 g/mol. The lowest BCUT2D eigenvalue weighted by Crippen LogP contribution is -2.48. The molecule has 4 atom stereocenters. The molecule has 4 heterocycles. The van der Waals surface area contributed by atoms with E-state index in [4.69, 9.17) is 4.74 Å². The van der Waals surface area contributed by atoms with E-state index in [1.54, 1.807) is 13.2 Å². The molecule has 0 unspecified atom stereocenters. The Morgan fingerprint density at radius 3 is 2.67 bits per heavy atom. The molecule has 1 aromatic carbocycles. The molecule has 2 amide bonds. The monoisotopic (exact) mass is 422 g/mol. The summed E-state index contributed by atoms with van der Waals surface area (Å²) in [6.45, 7) is 0.804. The molecule has 154 valence electrons. The average Bonchev–Trinajstić information content (AvgIpc) is 3.46. The minimum Gasteiger partial charge on any atom is -0.385 e. The van der Waals surface area contributed by atoms with Crippen molar-refractivity contribution in [1.82, 2.24) is 4.90 Å². The second-order valence-electron chi connectivity index (χ2n) is 7.83. The van der Waals surface area contributed by atoms with E-state index in [-0.39, 0.29) is 23.6 Å². The number of ether oxygens (including phenoxy) is 1. The predicted octanol–water partition coefficient (Wildman–Crippen LogP) is 2.85. The molecule has 3 aliphatic rings. The van der Waals surface area contributed by atoms with Crippen LogP contribution in [0.5, 0.6) is 0 Å². The Morgan fingerprint density at radius 2 is 1.90 bits per heavy atom. The van der Waals surface area contributed by atoms with Gasteiger partial charge in [-0.15, -0.1) is 11.3 Å². The van der Waals surface area contributed by atoms with Crippen LogP contribution in [-0.4, -0.2) is 54.8 Å². The van der Waals surface area contributed by atoms with Gasteiger partial charge < -0.3 is 9.64 Å². The summed E-state index contributed by atoms with van der Waals surface area (Å²) < 4.78 is 5.08. The molecule has 30 heavy (non-hydrogen) atoms. The number of hydrogen-bond donors (Lipinski definition) is 0. The van der Waals surface area contributed by atoms with Gasteiger partial charge in [0.15, 0.2) is 5.78 Å². The largest absolute Gasteiger partial charge is 0.385 e. The molecule has 6 nitrogen and oxygen atoms in total. The molecule has 0 saturated carbocycles. The highest BCUT2D eigenvalue weighted by Gasteiger charge is 2.63. The number of likely N-dealkylation sites (tertiary alicyclic amines) is 1. The van der Waals surface area contributed by atoms with Crippen molar-refractivity contribution in [3.63, 3.8) is 0 Å². The van der Waals surface area contributed by atoms with E-state index < -0.39 is 17.9 Å². The first kappa shape index (κ1) is 19.2. The fourth-order valence-electron chi connectivity index (χ4n) is 5.03. The Hall–Kier alpha value is -2.77. The molecule has 0 radical (unpaired) electrons. The van der Waals surface area contributed by atoms with Gasteiger partial charge in [-0.1, -0.05) is 36.4 Å². The van der Waals surface area contributed by atoms with Crippen LogP contribution < -0.4 is 4.90 Å². The lowest BCUT2D eigenvalue weighted by atomic mass is 9.87. The Kier molecular flexibility index (Phi) is 4.79. The number of fused-ring (bicyclic) bond motifs is 5. The third-order valence-corrected chi connectivity index (χ3v) is 7.15. The Morgan fingerprint density at radius 1 is 1.10 bits per heavy atom. The lowest BCUT2D eigenvalue weighted by molar-refractivity contribution is -0.140. The number of carbonyl (C=O) groups is 3. The van der Waals surface area contributed by atoms with Gasteiger partial charge in [-0.2, -0.15) is 0 Å². The van der Waals surface area contributed by atoms with Crippen LogP contribution in [-0.2, 0) is 14.3 Å². The molecule has 1 aromatic heterocycles. The smallest absolute Gasteiger partial charge is 0.235 e. The van der Waals surface area contributed by atoms with Crippen LogP contribution in [0.2, 0.25) is 0 Å². The molecule has 0 spiro atoms. The Balaban J connectivity index is 1.58. The first-order chi connectivity index (χ1) is 14.6. The van der Waals surface area contributed by atoms with E-state index in [9.17, 15) is 14.4 Å². The highest BCUT2D eigenvalue weighted by atomic mass is 32.1. The van der Waals surface area contributed by atoms with Gasteiger partial charge in [-0.25, -0.2) is 0 Å². The molecule has 7 heteroatoms. The number of rotatable bonds is 6. The summed E-state index contributed by atoms with van der Waals surface area (Å²) >= 11 is 1.37. The van der Waals surface area contributed by atoms with Crippen molar-refractivity contribution in [2.24, 2.45) is 11.8 Å². The van der Waals surface area contributed by atoms with Crippen molar-refractivity contribution in [2.75, 3.05) is 25.2 Å². The van der Waals surface area contributed by atoms with Crippen molar-refractivity contribution in [2.45, 2.75) is 18.5 Å². The highest BCUT2D eigenvalue weighted by Crippen LogP contribution is 2.49. The molecule has 2 fully saturated rings. The van der Waals surface area contributed by atoms with Crippen LogP contribution in [0.4, 0.5) is 5.69 Å². The number of anilines is 1. The zero-order valence-corrected chi connectivity index (χ0v) is 17.4. The normalized spacial score (nSPS) is 26.7. The van der Waals surface area contributed by atoms with E-state index in [0.717, 1.165) is 11.3 Å². The zero-order chi connectivity index (χ0) is 20.8. The SMILES string of the molecule is COCCCN1C(=O)[C@@H]2[C@H](C1=O)[C@H]1C=Cc3ccccc3N1[C@@H]2C(=O)c1cccs1. The maximum absolute atomic E-state index is 13.6. The maximum atomic E-state index is 13.6. The number of ketones is 1. The van der Waals surface area contributed by atoms with Gasteiger partial charge in [0.1, 0.15) is 6.04 Å². The van der Waals surface area contributed by atoms with Crippen LogP contribution in [0.3, 0.4) is 0 Å². The molecule has 3 aliphatic heterocycles. The van der Waals surface area contributed by atoms with Crippen molar-refractivity contribution < 1.29 is 19.1 Å². The van der Waals surface area contributed by atoms with E-state index in [1.165, 1.54) is 16.2 Å².